The van der Waals surface area contributed by atoms with Gasteiger partial charge in [-0.2, -0.15) is 0 Å². The van der Waals surface area contributed by atoms with Crippen molar-refractivity contribution in [1.29, 1.82) is 0 Å². The molecule has 256 valence electrons. The van der Waals surface area contributed by atoms with Gasteiger partial charge in [-0.15, -0.1) is 0 Å². The summed E-state index contributed by atoms with van der Waals surface area (Å²) in [5, 5.41) is 9.67. The van der Waals surface area contributed by atoms with Gasteiger partial charge in [0.05, 0.1) is 0 Å². The second-order valence-electron chi connectivity index (χ2n) is 12.6. The van der Waals surface area contributed by atoms with Gasteiger partial charge in [-0.25, -0.2) is 0 Å². The molecule has 0 spiro atoms. The van der Waals surface area contributed by atoms with E-state index in [0.29, 0.717) is 0 Å². The van der Waals surface area contributed by atoms with Gasteiger partial charge in [-0.1, -0.05) is 166 Å². The molecule has 8 aromatic carbocycles. The molecule has 0 aliphatic rings. The highest BCUT2D eigenvalue weighted by Crippen LogP contribution is 2.23. The van der Waals surface area contributed by atoms with Crippen LogP contribution < -0.4 is 0 Å². The zero-order valence-corrected chi connectivity index (χ0v) is 31.0. The van der Waals surface area contributed by atoms with Crippen molar-refractivity contribution in [3.8, 4) is 23.7 Å². The summed E-state index contributed by atoms with van der Waals surface area (Å²) >= 11 is 0. The zero-order chi connectivity index (χ0) is 36.8. The summed E-state index contributed by atoms with van der Waals surface area (Å²) in [4.78, 5) is 0. The lowest BCUT2D eigenvalue weighted by atomic mass is 10.0. The molecule has 53 heavy (non-hydrogen) atoms. The summed E-state index contributed by atoms with van der Waals surface area (Å²) < 4.78 is 0. The number of benzene rings is 8. The van der Waals surface area contributed by atoms with Crippen molar-refractivity contribution in [1.82, 2.24) is 0 Å². The molecule has 0 N–H and O–H groups in total. The number of hydrogen-bond acceptors (Lipinski definition) is 0. The SMILES string of the molecule is C(#Cc1ccc2cc(/C=C/c3ccc4cc(C#Cc5ccc6ccccc6c5)ccc4c3)ccc2c1)c1ccc2ccccc2c1.C/C=C\CC.CC. The minimum absolute atomic E-state index is 1.02. The summed E-state index contributed by atoms with van der Waals surface area (Å²) in [6.45, 7) is 8.16. The molecule has 0 heterocycles. The predicted octanol–water partition coefficient (Wildman–Crippen LogP) is 14.3. The molecule has 0 amide bonds. The Morgan fingerprint density at radius 2 is 0.679 bits per heavy atom. The Balaban J connectivity index is 0.000000636. The van der Waals surface area contributed by atoms with Gasteiger partial charge in [0, 0.05) is 22.3 Å². The first-order valence-corrected chi connectivity index (χ1v) is 18.5. The van der Waals surface area contributed by atoms with Gasteiger partial charge >= 0.3 is 0 Å². The van der Waals surface area contributed by atoms with E-state index in [1.165, 1.54) is 54.2 Å². The Morgan fingerprint density at radius 1 is 0.377 bits per heavy atom. The molecule has 0 atom stereocenters. The van der Waals surface area contributed by atoms with Gasteiger partial charge < -0.3 is 0 Å². The molecule has 0 bridgehead atoms. The first-order chi connectivity index (χ1) is 26.1. The molecule has 8 rings (SSSR count). The van der Waals surface area contributed by atoms with Gasteiger partial charge in [0.15, 0.2) is 0 Å². The van der Waals surface area contributed by atoms with Crippen molar-refractivity contribution < 1.29 is 0 Å². The monoisotopic (exact) mass is 680 g/mol. The lowest BCUT2D eigenvalue weighted by Gasteiger charge is -2.03. The predicted molar refractivity (Wildman–Crippen MR) is 233 cm³/mol. The molecule has 0 saturated heterocycles. The topological polar surface area (TPSA) is 0 Å². The van der Waals surface area contributed by atoms with Crippen molar-refractivity contribution in [2.75, 3.05) is 0 Å². The zero-order valence-electron chi connectivity index (χ0n) is 31.0. The van der Waals surface area contributed by atoms with Crippen LogP contribution in [0.2, 0.25) is 0 Å². The average Bonchev–Trinajstić information content (AvgIpc) is 3.22. The van der Waals surface area contributed by atoms with Crippen LogP contribution in [0.4, 0.5) is 0 Å². The van der Waals surface area contributed by atoms with Gasteiger partial charge in [-0.05, 0) is 128 Å². The van der Waals surface area contributed by atoms with Crippen LogP contribution in [-0.2, 0) is 0 Å². The van der Waals surface area contributed by atoms with Crippen LogP contribution in [0, 0.1) is 23.7 Å². The molecular weight excluding hydrogens is 637 g/mol. The number of rotatable bonds is 3. The number of hydrogen-bond donors (Lipinski definition) is 0. The van der Waals surface area contributed by atoms with E-state index in [1.807, 2.05) is 20.8 Å². The lowest BCUT2D eigenvalue weighted by molar-refractivity contribution is 1.22. The van der Waals surface area contributed by atoms with E-state index in [2.05, 4.69) is 213 Å². The highest BCUT2D eigenvalue weighted by Gasteiger charge is 2.00. The Morgan fingerprint density at radius 3 is 1.02 bits per heavy atom. The average molecular weight is 681 g/mol. The number of fused-ring (bicyclic) bond motifs is 4. The summed E-state index contributed by atoms with van der Waals surface area (Å²) in [6, 6.07) is 55.5. The fraction of sp³-hybridized carbons (Fsp3) is 0.0943. The maximum Gasteiger partial charge on any atom is 0.0255 e. The minimum atomic E-state index is 1.02. The largest absolute Gasteiger partial charge is 0.0917 e. The third kappa shape index (κ3) is 9.60. The molecule has 0 radical (unpaired) electrons. The van der Waals surface area contributed by atoms with Crippen molar-refractivity contribution in [3.05, 3.63) is 203 Å². The third-order valence-electron chi connectivity index (χ3n) is 8.87. The van der Waals surface area contributed by atoms with Crippen LogP contribution in [0.25, 0.3) is 55.2 Å². The Kier molecular flexibility index (Phi) is 12.3. The molecule has 0 aliphatic carbocycles. The fourth-order valence-corrected chi connectivity index (χ4v) is 6.14. The van der Waals surface area contributed by atoms with Crippen molar-refractivity contribution in [2.45, 2.75) is 34.1 Å². The van der Waals surface area contributed by atoms with E-state index in [9.17, 15) is 0 Å². The molecule has 0 saturated carbocycles. The molecular formula is C53H44. The van der Waals surface area contributed by atoms with Crippen LogP contribution >= 0.6 is 0 Å². The molecule has 8 aromatic rings. The summed E-state index contributed by atoms with van der Waals surface area (Å²) in [5.74, 6) is 13.4. The second-order valence-corrected chi connectivity index (χ2v) is 12.6. The van der Waals surface area contributed by atoms with Gasteiger partial charge in [0.25, 0.3) is 0 Å². The van der Waals surface area contributed by atoms with Crippen LogP contribution in [0.5, 0.6) is 0 Å². The van der Waals surface area contributed by atoms with Crippen LogP contribution in [0.1, 0.15) is 67.5 Å². The highest BCUT2D eigenvalue weighted by atomic mass is 14.0. The molecule has 0 heteroatoms. The lowest BCUT2D eigenvalue weighted by Crippen LogP contribution is -1.81. The summed E-state index contributed by atoms with van der Waals surface area (Å²) in [7, 11) is 0. The minimum Gasteiger partial charge on any atom is -0.0917 e. The summed E-state index contributed by atoms with van der Waals surface area (Å²) in [5.41, 5.74) is 6.42. The maximum absolute atomic E-state index is 3.35. The van der Waals surface area contributed by atoms with Crippen molar-refractivity contribution in [2.24, 2.45) is 0 Å². The normalized spacial score (nSPS) is 10.6. The Bertz CT molecular complexity index is 2510. The van der Waals surface area contributed by atoms with Gasteiger partial charge in [0.1, 0.15) is 0 Å². The quantitative estimate of drug-likeness (QED) is 0.0990. The standard InChI is InChI=1S/C46H28.C5H10.C2H6/c1-3-7-41-27-33(15-21-39(41)5-1)9-11-35-17-23-45-31-37(19-25-43(45)29-35)13-14-38-20-26-44-30-36(18-24-46(44)32-38)12-10-34-16-22-40-6-2-4-8-42(40)28-34;1-3-5-4-2;1-2/h1-8,13-32H;3,5H,4H2,1-2H3;1-2H3/b14-13+;5-3-;. The van der Waals surface area contributed by atoms with E-state index >= 15 is 0 Å². The van der Waals surface area contributed by atoms with Crippen molar-refractivity contribution >= 4 is 55.2 Å². The molecule has 0 fully saturated rings. The van der Waals surface area contributed by atoms with Crippen LogP contribution in [0.15, 0.2) is 170 Å². The van der Waals surface area contributed by atoms with E-state index in [-0.39, 0.29) is 0 Å². The first kappa shape index (κ1) is 36.2. The van der Waals surface area contributed by atoms with E-state index in [1.54, 1.807) is 0 Å². The van der Waals surface area contributed by atoms with Gasteiger partial charge in [0.2, 0.25) is 0 Å². The highest BCUT2D eigenvalue weighted by molar-refractivity contribution is 5.90. The second kappa shape index (κ2) is 18.1. The number of allylic oxidation sites excluding steroid dienone is 2. The smallest absolute Gasteiger partial charge is 0.0255 e. The van der Waals surface area contributed by atoms with E-state index in [0.717, 1.165) is 28.7 Å². The third-order valence-corrected chi connectivity index (χ3v) is 8.87. The van der Waals surface area contributed by atoms with E-state index in [4.69, 9.17) is 0 Å². The molecule has 0 aliphatic heterocycles. The van der Waals surface area contributed by atoms with Crippen LogP contribution in [0.3, 0.4) is 0 Å². The Labute approximate surface area is 315 Å². The molecule has 0 nitrogen and oxygen atoms in total. The van der Waals surface area contributed by atoms with Crippen molar-refractivity contribution in [3.63, 3.8) is 0 Å². The Hall–Kier alpha value is -6.60. The first-order valence-electron chi connectivity index (χ1n) is 18.5. The maximum atomic E-state index is 3.35. The van der Waals surface area contributed by atoms with Gasteiger partial charge in [-0.3, -0.25) is 0 Å². The van der Waals surface area contributed by atoms with Crippen LogP contribution in [-0.4, -0.2) is 0 Å². The molecule has 0 unspecified atom stereocenters. The fourth-order valence-electron chi connectivity index (χ4n) is 6.14. The van der Waals surface area contributed by atoms with E-state index < -0.39 is 0 Å². The molecule has 0 aromatic heterocycles. The summed E-state index contributed by atoms with van der Waals surface area (Å²) in [6.07, 6.45) is 9.70.